The molecule has 1 saturated heterocycles. The Bertz CT molecular complexity index is 365. The van der Waals surface area contributed by atoms with Crippen LogP contribution in [0.2, 0.25) is 0 Å². The van der Waals surface area contributed by atoms with Crippen LogP contribution in [0, 0.1) is 5.92 Å². The van der Waals surface area contributed by atoms with Crippen molar-refractivity contribution in [2.75, 3.05) is 23.4 Å². The molecule has 1 aromatic heterocycles. The van der Waals surface area contributed by atoms with Crippen LogP contribution in [0.1, 0.15) is 25.8 Å². The SMILES string of the molecule is CCc1c(NN)ncnc1N1CCC(C)C1. The van der Waals surface area contributed by atoms with E-state index in [2.05, 4.69) is 34.1 Å². The number of rotatable bonds is 3. The minimum atomic E-state index is 0.743. The summed E-state index contributed by atoms with van der Waals surface area (Å²) in [5.41, 5.74) is 3.75. The third kappa shape index (κ3) is 1.95. The van der Waals surface area contributed by atoms with Crippen LogP contribution in [0.25, 0.3) is 0 Å². The first kappa shape index (κ1) is 11.1. The van der Waals surface area contributed by atoms with Gasteiger partial charge >= 0.3 is 0 Å². The van der Waals surface area contributed by atoms with Crippen molar-refractivity contribution in [2.45, 2.75) is 26.7 Å². The van der Waals surface area contributed by atoms with Crippen LogP contribution >= 0.6 is 0 Å². The fourth-order valence-corrected chi connectivity index (χ4v) is 2.25. The number of nitrogen functional groups attached to an aromatic ring is 1. The molecule has 16 heavy (non-hydrogen) atoms. The number of nitrogens with zero attached hydrogens (tertiary/aromatic N) is 3. The van der Waals surface area contributed by atoms with E-state index in [1.807, 2.05) is 0 Å². The fraction of sp³-hybridized carbons (Fsp3) is 0.636. The molecule has 1 unspecified atom stereocenters. The maximum absolute atomic E-state index is 5.46. The summed E-state index contributed by atoms with van der Waals surface area (Å²) in [4.78, 5) is 10.9. The van der Waals surface area contributed by atoms with E-state index in [-0.39, 0.29) is 0 Å². The predicted molar refractivity (Wildman–Crippen MR) is 65.2 cm³/mol. The number of hydrogen-bond donors (Lipinski definition) is 2. The Balaban J connectivity index is 2.32. The van der Waals surface area contributed by atoms with Crippen LogP contribution in [-0.2, 0) is 6.42 Å². The van der Waals surface area contributed by atoms with Crippen LogP contribution in [0.5, 0.6) is 0 Å². The molecule has 3 N–H and O–H groups in total. The van der Waals surface area contributed by atoms with Gasteiger partial charge in [-0.25, -0.2) is 15.8 Å². The second-order valence-corrected chi connectivity index (χ2v) is 4.36. The molecular formula is C11H19N5. The number of nitrogens with one attached hydrogen (secondary N) is 1. The van der Waals surface area contributed by atoms with E-state index in [1.54, 1.807) is 6.33 Å². The topological polar surface area (TPSA) is 67.1 Å². The van der Waals surface area contributed by atoms with Crippen molar-refractivity contribution in [2.24, 2.45) is 11.8 Å². The molecule has 0 aliphatic carbocycles. The molecule has 1 aliphatic rings. The van der Waals surface area contributed by atoms with Crippen LogP contribution in [0.3, 0.4) is 0 Å². The van der Waals surface area contributed by atoms with Gasteiger partial charge in [-0.2, -0.15) is 0 Å². The minimum absolute atomic E-state index is 0.743. The van der Waals surface area contributed by atoms with Crippen molar-refractivity contribution in [1.29, 1.82) is 0 Å². The zero-order valence-corrected chi connectivity index (χ0v) is 9.90. The van der Waals surface area contributed by atoms with Crippen LogP contribution < -0.4 is 16.2 Å². The zero-order chi connectivity index (χ0) is 11.5. The second kappa shape index (κ2) is 4.65. The van der Waals surface area contributed by atoms with Gasteiger partial charge < -0.3 is 10.3 Å². The molecule has 88 valence electrons. The highest BCUT2D eigenvalue weighted by Gasteiger charge is 2.23. The van der Waals surface area contributed by atoms with Gasteiger partial charge in [-0.15, -0.1) is 0 Å². The number of aromatic nitrogens is 2. The van der Waals surface area contributed by atoms with Crippen molar-refractivity contribution in [3.05, 3.63) is 11.9 Å². The lowest BCUT2D eigenvalue weighted by molar-refractivity contribution is 0.658. The first-order valence-corrected chi connectivity index (χ1v) is 5.81. The van der Waals surface area contributed by atoms with E-state index in [0.717, 1.165) is 42.6 Å². The van der Waals surface area contributed by atoms with E-state index < -0.39 is 0 Å². The highest BCUT2D eigenvalue weighted by molar-refractivity contribution is 5.58. The normalized spacial score (nSPS) is 20.2. The smallest absolute Gasteiger partial charge is 0.148 e. The fourth-order valence-electron chi connectivity index (χ4n) is 2.25. The van der Waals surface area contributed by atoms with Gasteiger partial charge in [-0.05, 0) is 18.8 Å². The molecule has 1 fully saturated rings. The summed E-state index contributed by atoms with van der Waals surface area (Å²) in [7, 11) is 0. The summed E-state index contributed by atoms with van der Waals surface area (Å²) in [6.45, 7) is 6.53. The maximum Gasteiger partial charge on any atom is 0.148 e. The van der Waals surface area contributed by atoms with E-state index in [9.17, 15) is 0 Å². The zero-order valence-electron chi connectivity index (χ0n) is 9.90. The molecule has 2 heterocycles. The monoisotopic (exact) mass is 221 g/mol. The molecule has 1 aliphatic heterocycles. The standard InChI is InChI=1S/C11H19N5/c1-3-9-10(15-12)13-7-14-11(9)16-5-4-8(2)6-16/h7-8H,3-6,12H2,1-2H3,(H,13,14,15). The first-order valence-electron chi connectivity index (χ1n) is 5.81. The van der Waals surface area contributed by atoms with Crippen molar-refractivity contribution >= 4 is 11.6 Å². The van der Waals surface area contributed by atoms with Crippen molar-refractivity contribution in [3.63, 3.8) is 0 Å². The number of nitrogens with two attached hydrogens (primary N) is 1. The molecule has 5 nitrogen and oxygen atoms in total. The average molecular weight is 221 g/mol. The summed E-state index contributed by atoms with van der Waals surface area (Å²) in [5.74, 6) is 7.99. The summed E-state index contributed by atoms with van der Waals surface area (Å²) in [5, 5.41) is 0. The van der Waals surface area contributed by atoms with Gasteiger partial charge in [0.15, 0.2) is 0 Å². The number of hydrazine groups is 1. The molecule has 0 amide bonds. The molecule has 0 spiro atoms. The Kier molecular flexibility index (Phi) is 3.24. The van der Waals surface area contributed by atoms with Crippen LogP contribution in [0.4, 0.5) is 11.6 Å². The maximum atomic E-state index is 5.46. The molecule has 0 saturated carbocycles. The molecule has 0 radical (unpaired) electrons. The molecule has 0 aromatic carbocycles. The number of anilines is 2. The van der Waals surface area contributed by atoms with Crippen LogP contribution in [0.15, 0.2) is 6.33 Å². The third-order valence-corrected chi connectivity index (χ3v) is 3.14. The van der Waals surface area contributed by atoms with Gasteiger partial charge in [0, 0.05) is 18.7 Å². The van der Waals surface area contributed by atoms with E-state index >= 15 is 0 Å². The highest BCUT2D eigenvalue weighted by Crippen LogP contribution is 2.27. The number of hydrogen-bond acceptors (Lipinski definition) is 5. The second-order valence-electron chi connectivity index (χ2n) is 4.36. The minimum Gasteiger partial charge on any atom is -0.356 e. The van der Waals surface area contributed by atoms with Gasteiger partial charge in [0.2, 0.25) is 0 Å². The molecule has 5 heteroatoms. The van der Waals surface area contributed by atoms with Gasteiger partial charge in [0.1, 0.15) is 18.0 Å². The first-order chi connectivity index (χ1) is 7.76. The van der Waals surface area contributed by atoms with Crippen molar-refractivity contribution in [1.82, 2.24) is 9.97 Å². The third-order valence-electron chi connectivity index (χ3n) is 3.14. The Morgan fingerprint density at radius 2 is 2.38 bits per heavy atom. The molecule has 1 aromatic rings. The average Bonchev–Trinajstić information content (AvgIpc) is 2.74. The van der Waals surface area contributed by atoms with Gasteiger partial charge in [0.25, 0.3) is 0 Å². The lowest BCUT2D eigenvalue weighted by atomic mass is 10.2. The quantitative estimate of drug-likeness (QED) is 0.592. The van der Waals surface area contributed by atoms with Crippen molar-refractivity contribution < 1.29 is 0 Å². The predicted octanol–water partition coefficient (Wildman–Crippen LogP) is 1.17. The highest BCUT2D eigenvalue weighted by atomic mass is 15.3. The summed E-state index contributed by atoms with van der Waals surface area (Å²) >= 11 is 0. The molecule has 0 bridgehead atoms. The molecule has 2 rings (SSSR count). The Morgan fingerprint density at radius 3 is 2.94 bits per heavy atom. The molecular weight excluding hydrogens is 202 g/mol. The summed E-state index contributed by atoms with van der Waals surface area (Å²) in [6.07, 6.45) is 3.70. The Morgan fingerprint density at radius 1 is 1.56 bits per heavy atom. The lowest BCUT2D eigenvalue weighted by Crippen LogP contribution is -2.23. The Labute approximate surface area is 96.0 Å². The molecule has 1 atom stereocenters. The summed E-state index contributed by atoms with van der Waals surface area (Å²) in [6, 6.07) is 0. The largest absolute Gasteiger partial charge is 0.356 e. The van der Waals surface area contributed by atoms with E-state index in [1.165, 1.54) is 6.42 Å². The van der Waals surface area contributed by atoms with Gasteiger partial charge in [-0.1, -0.05) is 13.8 Å². The van der Waals surface area contributed by atoms with E-state index in [0.29, 0.717) is 0 Å². The van der Waals surface area contributed by atoms with Crippen molar-refractivity contribution in [3.8, 4) is 0 Å². The Hall–Kier alpha value is -1.36. The van der Waals surface area contributed by atoms with E-state index in [4.69, 9.17) is 5.84 Å². The van der Waals surface area contributed by atoms with Gasteiger partial charge in [0.05, 0.1) is 0 Å². The van der Waals surface area contributed by atoms with Gasteiger partial charge in [-0.3, -0.25) is 0 Å². The summed E-state index contributed by atoms with van der Waals surface area (Å²) < 4.78 is 0. The van der Waals surface area contributed by atoms with Crippen LogP contribution in [-0.4, -0.2) is 23.1 Å². The lowest BCUT2D eigenvalue weighted by Gasteiger charge is -2.21.